The molecule has 0 aromatic carbocycles. The third kappa shape index (κ3) is 3.22. The van der Waals surface area contributed by atoms with Gasteiger partial charge in [0, 0.05) is 0 Å². The van der Waals surface area contributed by atoms with Crippen molar-refractivity contribution < 1.29 is 13.9 Å². The molecule has 14 heavy (non-hydrogen) atoms. The highest BCUT2D eigenvalue weighted by Crippen LogP contribution is 2.11. The Labute approximate surface area is 83.2 Å². The van der Waals surface area contributed by atoms with Crippen LogP contribution in [-0.2, 0) is 9.53 Å². The minimum atomic E-state index is -0.245. The number of hydrogen-bond donors (Lipinski definition) is 1. The van der Waals surface area contributed by atoms with Crippen LogP contribution in [0.15, 0.2) is 22.8 Å². The zero-order valence-corrected chi connectivity index (χ0v) is 8.45. The van der Waals surface area contributed by atoms with E-state index in [4.69, 9.17) is 9.15 Å². The van der Waals surface area contributed by atoms with Crippen LogP contribution in [0.2, 0.25) is 0 Å². The van der Waals surface area contributed by atoms with Gasteiger partial charge < -0.3 is 9.15 Å². The summed E-state index contributed by atoms with van der Waals surface area (Å²) in [4.78, 5) is 11.0. The molecule has 0 aliphatic carbocycles. The smallest absolute Gasteiger partial charge is 0.319 e. The Morgan fingerprint density at radius 1 is 1.71 bits per heavy atom. The van der Waals surface area contributed by atoms with E-state index in [1.165, 1.54) is 0 Å². The van der Waals surface area contributed by atoms with Crippen LogP contribution >= 0.6 is 0 Å². The van der Waals surface area contributed by atoms with Crippen molar-refractivity contribution in [2.75, 3.05) is 13.2 Å². The van der Waals surface area contributed by atoms with E-state index in [0.29, 0.717) is 6.61 Å². The van der Waals surface area contributed by atoms with Gasteiger partial charge in [0.15, 0.2) is 0 Å². The van der Waals surface area contributed by atoms with Crippen LogP contribution < -0.4 is 5.32 Å². The topological polar surface area (TPSA) is 51.5 Å². The number of carbonyl (C=O) groups is 1. The van der Waals surface area contributed by atoms with E-state index < -0.39 is 0 Å². The lowest BCUT2D eigenvalue weighted by atomic mass is 10.2. The quantitative estimate of drug-likeness (QED) is 0.727. The van der Waals surface area contributed by atoms with Crippen LogP contribution in [0.5, 0.6) is 0 Å². The standard InChI is InChI=1S/C10H15NO3/c1-3-13-10(12)7-11-8(2)9-5-4-6-14-9/h4-6,8,11H,3,7H2,1-2H3/t8-/m0/s1. The van der Waals surface area contributed by atoms with E-state index in [0.717, 1.165) is 5.76 Å². The van der Waals surface area contributed by atoms with E-state index in [2.05, 4.69) is 5.32 Å². The first-order valence-corrected chi connectivity index (χ1v) is 4.66. The van der Waals surface area contributed by atoms with Crippen molar-refractivity contribution in [3.8, 4) is 0 Å². The van der Waals surface area contributed by atoms with Crippen molar-refractivity contribution in [2.45, 2.75) is 19.9 Å². The van der Waals surface area contributed by atoms with Crippen molar-refractivity contribution in [3.63, 3.8) is 0 Å². The molecule has 0 amide bonds. The van der Waals surface area contributed by atoms with Crippen LogP contribution in [0.3, 0.4) is 0 Å². The average molecular weight is 197 g/mol. The van der Waals surface area contributed by atoms with Crippen molar-refractivity contribution in [2.24, 2.45) is 0 Å². The molecule has 0 fully saturated rings. The van der Waals surface area contributed by atoms with Crippen molar-refractivity contribution >= 4 is 5.97 Å². The van der Waals surface area contributed by atoms with Crippen LogP contribution in [-0.4, -0.2) is 19.1 Å². The molecule has 0 saturated carbocycles. The van der Waals surface area contributed by atoms with Gasteiger partial charge >= 0.3 is 5.97 Å². The van der Waals surface area contributed by atoms with Crippen molar-refractivity contribution in [1.82, 2.24) is 5.32 Å². The number of ether oxygens (including phenoxy) is 1. The molecule has 1 atom stereocenters. The van der Waals surface area contributed by atoms with Gasteiger partial charge in [-0.25, -0.2) is 0 Å². The Hall–Kier alpha value is -1.29. The molecule has 1 heterocycles. The Balaban J connectivity index is 2.28. The molecule has 0 bridgehead atoms. The minimum absolute atomic E-state index is 0.0226. The van der Waals surface area contributed by atoms with Gasteiger partial charge in [-0.1, -0.05) is 0 Å². The molecule has 0 radical (unpaired) electrons. The summed E-state index contributed by atoms with van der Waals surface area (Å²) in [5.41, 5.74) is 0. The van der Waals surface area contributed by atoms with Crippen LogP contribution in [0, 0.1) is 0 Å². The highest BCUT2D eigenvalue weighted by atomic mass is 16.5. The first kappa shape index (κ1) is 10.8. The number of nitrogens with one attached hydrogen (secondary N) is 1. The largest absolute Gasteiger partial charge is 0.468 e. The van der Waals surface area contributed by atoms with Gasteiger partial charge in [-0.3, -0.25) is 10.1 Å². The first-order valence-electron chi connectivity index (χ1n) is 4.66. The number of carbonyl (C=O) groups excluding carboxylic acids is 1. The number of furan rings is 1. The molecule has 1 aromatic heterocycles. The minimum Gasteiger partial charge on any atom is -0.468 e. The predicted molar refractivity (Wildman–Crippen MR) is 51.8 cm³/mol. The number of hydrogen-bond acceptors (Lipinski definition) is 4. The Morgan fingerprint density at radius 3 is 3.07 bits per heavy atom. The molecule has 4 nitrogen and oxygen atoms in total. The fourth-order valence-electron chi connectivity index (χ4n) is 1.09. The fourth-order valence-corrected chi connectivity index (χ4v) is 1.09. The molecule has 1 aromatic rings. The SMILES string of the molecule is CCOC(=O)CN[C@@H](C)c1ccco1. The molecule has 78 valence electrons. The zero-order chi connectivity index (χ0) is 10.4. The molecular formula is C10H15NO3. The Morgan fingerprint density at radius 2 is 2.50 bits per heavy atom. The maximum atomic E-state index is 11.0. The lowest BCUT2D eigenvalue weighted by molar-refractivity contribution is -0.142. The van der Waals surface area contributed by atoms with Crippen molar-refractivity contribution in [3.05, 3.63) is 24.2 Å². The molecule has 1 N–H and O–H groups in total. The highest BCUT2D eigenvalue weighted by Gasteiger charge is 2.09. The van der Waals surface area contributed by atoms with Gasteiger partial charge in [0.1, 0.15) is 5.76 Å². The lowest BCUT2D eigenvalue weighted by Gasteiger charge is -2.09. The van der Waals surface area contributed by atoms with Crippen LogP contribution in [0.25, 0.3) is 0 Å². The lowest BCUT2D eigenvalue weighted by Crippen LogP contribution is -2.27. The van der Waals surface area contributed by atoms with E-state index in [1.807, 2.05) is 19.1 Å². The monoisotopic (exact) mass is 197 g/mol. The normalized spacial score (nSPS) is 12.4. The third-order valence-electron chi connectivity index (χ3n) is 1.83. The summed E-state index contributed by atoms with van der Waals surface area (Å²) in [6.45, 7) is 4.33. The van der Waals surface area contributed by atoms with Gasteiger partial charge in [0.05, 0.1) is 25.5 Å². The predicted octanol–water partition coefficient (Wildman–Crippen LogP) is 1.49. The summed E-state index contributed by atoms with van der Waals surface area (Å²) in [5.74, 6) is 0.570. The summed E-state index contributed by atoms with van der Waals surface area (Å²) in [7, 11) is 0. The second-order valence-electron chi connectivity index (χ2n) is 2.92. The highest BCUT2D eigenvalue weighted by molar-refractivity contribution is 5.71. The maximum absolute atomic E-state index is 11.0. The van der Waals surface area contributed by atoms with Crippen LogP contribution in [0.4, 0.5) is 0 Å². The molecule has 1 rings (SSSR count). The Bertz CT molecular complexity index is 269. The molecule has 0 spiro atoms. The van der Waals surface area contributed by atoms with Gasteiger partial charge in [-0.2, -0.15) is 0 Å². The summed E-state index contributed by atoms with van der Waals surface area (Å²) >= 11 is 0. The van der Waals surface area contributed by atoms with E-state index in [1.54, 1.807) is 13.2 Å². The summed E-state index contributed by atoms with van der Waals surface area (Å²) in [5, 5.41) is 3.00. The second kappa shape index (κ2) is 5.44. The molecule has 0 saturated heterocycles. The second-order valence-corrected chi connectivity index (χ2v) is 2.92. The third-order valence-corrected chi connectivity index (χ3v) is 1.83. The van der Waals surface area contributed by atoms with Gasteiger partial charge in [0.2, 0.25) is 0 Å². The van der Waals surface area contributed by atoms with E-state index >= 15 is 0 Å². The zero-order valence-electron chi connectivity index (χ0n) is 8.45. The summed E-state index contributed by atoms with van der Waals surface area (Å²) < 4.78 is 9.95. The molecule has 4 heteroatoms. The molecule has 0 aliphatic rings. The number of rotatable bonds is 5. The average Bonchev–Trinajstić information content (AvgIpc) is 2.67. The summed E-state index contributed by atoms with van der Waals surface area (Å²) in [6, 6.07) is 3.70. The molecule has 0 unspecified atom stereocenters. The van der Waals surface area contributed by atoms with Gasteiger partial charge in [-0.15, -0.1) is 0 Å². The first-order chi connectivity index (χ1) is 6.74. The molecular weight excluding hydrogens is 182 g/mol. The summed E-state index contributed by atoms with van der Waals surface area (Å²) in [6.07, 6.45) is 1.61. The van der Waals surface area contributed by atoms with E-state index in [9.17, 15) is 4.79 Å². The van der Waals surface area contributed by atoms with Gasteiger partial charge in [0.25, 0.3) is 0 Å². The van der Waals surface area contributed by atoms with Crippen LogP contribution in [0.1, 0.15) is 25.6 Å². The fraction of sp³-hybridized carbons (Fsp3) is 0.500. The molecule has 0 aliphatic heterocycles. The maximum Gasteiger partial charge on any atom is 0.319 e. The van der Waals surface area contributed by atoms with E-state index in [-0.39, 0.29) is 18.6 Å². The number of esters is 1. The van der Waals surface area contributed by atoms with Gasteiger partial charge in [-0.05, 0) is 26.0 Å². The van der Waals surface area contributed by atoms with Crippen molar-refractivity contribution in [1.29, 1.82) is 0 Å². The Kier molecular flexibility index (Phi) is 4.19.